The highest BCUT2D eigenvalue weighted by Gasteiger charge is 2.35. The molecule has 6 heteroatoms. The van der Waals surface area contributed by atoms with Crippen molar-refractivity contribution < 1.29 is 13.2 Å². The largest absolute Gasteiger partial charge is 0.381 e. The van der Waals surface area contributed by atoms with E-state index < -0.39 is 10.0 Å². The van der Waals surface area contributed by atoms with Gasteiger partial charge in [0.25, 0.3) is 0 Å². The molecule has 1 aliphatic heterocycles. The molecule has 0 saturated carbocycles. The second-order valence-corrected chi connectivity index (χ2v) is 7.76. The van der Waals surface area contributed by atoms with Gasteiger partial charge in [0.2, 0.25) is 10.0 Å². The second kappa shape index (κ2) is 6.35. The molecule has 1 heterocycles. The minimum Gasteiger partial charge on any atom is -0.381 e. The number of nitrogens with one attached hydrogen (secondary N) is 1. The fourth-order valence-corrected chi connectivity index (χ4v) is 4.11. The molecule has 0 unspecified atom stereocenters. The van der Waals surface area contributed by atoms with Gasteiger partial charge in [-0.25, -0.2) is 13.1 Å². The maximum absolute atomic E-state index is 12.0. The molecule has 1 N–H and O–H groups in total. The van der Waals surface area contributed by atoms with Gasteiger partial charge in [-0.15, -0.1) is 0 Å². The Morgan fingerprint density at radius 3 is 2.68 bits per heavy atom. The highest BCUT2D eigenvalue weighted by molar-refractivity contribution is 9.10. The number of benzene rings is 1. The summed E-state index contributed by atoms with van der Waals surface area (Å²) in [6.07, 6.45) is 1.28. The van der Waals surface area contributed by atoms with Crippen molar-refractivity contribution in [3.8, 4) is 0 Å². The third-order valence-electron chi connectivity index (χ3n) is 3.50. The summed E-state index contributed by atoms with van der Waals surface area (Å²) in [6.45, 7) is 1.02. The molecule has 1 aliphatic rings. The zero-order valence-corrected chi connectivity index (χ0v) is 13.2. The molecule has 106 valence electrons. The van der Waals surface area contributed by atoms with Crippen LogP contribution in [0.2, 0.25) is 0 Å². The van der Waals surface area contributed by atoms with Crippen LogP contribution in [0.25, 0.3) is 0 Å². The predicted octanol–water partition coefficient (Wildman–Crippen LogP) is 1.95. The molecule has 1 fully saturated rings. The maximum Gasteiger partial charge on any atom is 0.214 e. The molecule has 0 aromatic heterocycles. The lowest BCUT2D eigenvalue weighted by Gasteiger charge is -2.31. The topological polar surface area (TPSA) is 55.4 Å². The van der Waals surface area contributed by atoms with Crippen molar-refractivity contribution in [3.05, 3.63) is 34.3 Å². The number of halogens is 1. The Bertz CT molecular complexity index is 515. The summed E-state index contributed by atoms with van der Waals surface area (Å²) >= 11 is 3.39. The van der Waals surface area contributed by atoms with Gasteiger partial charge >= 0.3 is 0 Å². The number of hydrogen-bond acceptors (Lipinski definition) is 3. The number of rotatable bonds is 4. The zero-order valence-electron chi connectivity index (χ0n) is 10.8. The van der Waals surface area contributed by atoms with Crippen LogP contribution >= 0.6 is 15.9 Å². The molecule has 0 bridgehead atoms. The van der Waals surface area contributed by atoms with Gasteiger partial charge in [-0.05, 0) is 37.6 Å². The smallest absolute Gasteiger partial charge is 0.214 e. The molecule has 0 amide bonds. The second-order valence-electron chi connectivity index (χ2n) is 4.74. The van der Waals surface area contributed by atoms with Gasteiger partial charge in [-0.2, -0.15) is 0 Å². The molecule has 2 rings (SSSR count). The molecular formula is C13H18BrNO3S. The monoisotopic (exact) mass is 347 g/mol. The van der Waals surface area contributed by atoms with Crippen molar-refractivity contribution in [3.63, 3.8) is 0 Å². The van der Waals surface area contributed by atoms with Gasteiger partial charge in [-0.3, -0.25) is 0 Å². The molecule has 1 aromatic carbocycles. The van der Waals surface area contributed by atoms with Crippen LogP contribution in [0, 0.1) is 5.92 Å². The Morgan fingerprint density at radius 1 is 1.37 bits per heavy atom. The Hall–Kier alpha value is -0.430. The van der Waals surface area contributed by atoms with E-state index in [-0.39, 0.29) is 11.2 Å². The van der Waals surface area contributed by atoms with Crippen molar-refractivity contribution in [2.75, 3.05) is 20.3 Å². The number of sulfonamides is 1. The summed E-state index contributed by atoms with van der Waals surface area (Å²) in [5.41, 5.74) is 1.13. The van der Waals surface area contributed by atoms with Gasteiger partial charge in [0, 0.05) is 17.0 Å². The lowest BCUT2D eigenvalue weighted by atomic mass is 9.94. The van der Waals surface area contributed by atoms with Gasteiger partial charge in [-0.1, -0.05) is 28.1 Å². The van der Waals surface area contributed by atoms with E-state index in [2.05, 4.69) is 20.7 Å². The molecule has 0 aliphatic carbocycles. The summed E-state index contributed by atoms with van der Waals surface area (Å²) < 4.78 is 33.0. The van der Waals surface area contributed by atoms with Gasteiger partial charge in [0.15, 0.2) is 0 Å². The van der Waals surface area contributed by atoms with E-state index in [1.807, 2.05) is 24.3 Å². The third-order valence-corrected chi connectivity index (χ3v) is 6.01. The summed E-state index contributed by atoms with van der Waals surface area (Å²) in [6, 6.07) is 7.98. The van der Waals surface area contributed by atoms with Crippen LogP contribution in [0.3, 0.4) is 0 Å². The van der Waals surface area contributed by atoms with E-state index in [9.17, 15) is 8.42 Å². The zero-order chi connectivity index (χ0) is 13.9. The van der Waals surface area contributed by atoms with E-state index >= 15 is 0 Å². The standard InChI is InChI=1S/C13H18BrNO3S/c1-15-19(16,17)13-6-7-18-9-11(13)8-10-2-4-12(14)5-3-10/h2-5,11,13,15H,6-9H2,1H3/t11-,13+/m1/s1. The first-order valence-electron chi connectivity index (χ1n) is 6.27. The quantitative estimate of drug-likeness (QED) is 0.905. The summed E-state index contributed by atoms with van der Waals surface area (Å²) in [4.78, 5) is 0. The Balaban J connectivity index is 2.14. The molecule has 0 radical (unpaired) electrons. The SMILES string of the molecule is CNS(=O)(=O)[C@H]1CCOC[C@H]1Cc1ccc(Br)cc1. The van der Waals surface area contributed by atoms with Crippen molar-refractivity contribution in [2.45, 2.75) is 18.1 Å². The lowest BCUT2D eigenvalue weighted by molar-refractivity contribution is 0.0570. The van der Waals surface area contributed by atoms with E-state index in [0.717, 1.165) is 16.5 Å². The van der Waals surface area contributed by atoms with Gasteiger partial charge in [0.05, 0.1) is 11.9 Å². The minimum absolute atomic E-state index is 0.00683. The van der Waals surface area contributed by atoms with Crippen LogP contribution in [0.15, 0.2) is 28.7 Å². The van der Waals surface area contributed by atoms with Gasteiger partial charge < -0.3 is 4.74 Å². The first-order chi connectivity index (χ1) is 9.03. The molecule has 1 aromatic rings. The van der Waals surface area contributed by atoms with Crippen molar-refractivity contribution in [2.24, 2.45) is 5.92 Å². The van der Waals surface area contributed by atoms with Crippen molar-refractivity contribution in [1.29, 1.82) is 0 Å². The van der Waals surface area contributed by atoms with E-state index in [1.165, 1.54) is 7.05 Å². The van der Waals surface area contributed by atoms with Crippen LogP contribution in [0.4, 0.5) is 0 Å². The summed E-state index contributed by atoms with van der Waals surface area (Å²) in [5, 5.41) is -0.366. The highest BCUT2D eigenvalue weighted by Crippen LogP contribution is 2.25. The molecule has 4 nitrogen and oxygen atoms in total. The third kappa shape index (κ3) is 3.78. The maximum atomic E-state index is 12.0. The highest BCUT2D eigenvalue weighted by atomic mass is 79.9. The Labute approximate surface area is 122 Å². The Kier molecular flexibility index (Phi) is 5.00. The normalized spacial score (nSPS) is 24.3. The fraction of sp³-hybridized carbons (Fsp3) is 0.538. The van der Waals surface area contributed by atoms with Crippen molar-refractivity contribution >= 4 is 26.0 Å². The summed E-state index contributed by atoms with van der Waals surface area (Å²) in [7, 11) is -1.76. The average Bonchev–Trinajstić information content (AvgIpc) is 2.42. The predicted molar refractivity (Wildman–Crippen MR) is 78.5 cm³/mol. The summed E-state index contributed by atoms with van der Waals surface area (Å²) in [5.74, 6) is 0.00683. The molecule has 19 heavy (non-hydrogen) atoms. The first-order valence-corrected chi connectivity index (χ1v) is 8.61. The fourth-order valence-electron chi connectivity index (χ4n) is 2.45. The van der Waals surface area contributed by atoms with Crippen molar-refractivity contribution in [1.82, 2.24) is 4.72 Å². The lowest BCUT2D eigenvalue weighted by Crippen LogP contribution is -2.43. The van der Waals surface area contributed by atoms with Crippen LogP contribution in [0.1, 0.15) is 12.0 Å². The Morgan fingerprint density at radius 2 is 2.05 bits per heavy atom. The number of ether oxygens (including phenoxy) is 1. The van der Waals surface area contributed by atoms with Crippen LogP contribution in [-0.2, 0) is 21.2 Å². The number of hydrogen-bond donors (Lipinski definition) is 1. The molecule has 0 spiro atoms. The molecular weight excluding hydrogens is 330 g/mol. The molecule has 1 saturated heterocycles. The van der Waals surface area contributed by atoms with Crippen LogP contribution in [-0.4, -0.2) is 33.9 Å². The first kappa shape index (κ1) is 15.0. The van der Waals surface area contributed by atoms with E-state index in [0.29, 0.717) is 19.6 Å². The van der Waals surface area contributed by atoms with Crippen LogP contribution < -0.4 is 4.72 Å². The van der Waals surface area contributed by atoms with Crippen LogP contribution in [0.5, 0.6) is 0 Å². The minimum atomic E-state index is -3.24. The van der Waals surface area contributed by atoms with E-state index in [4.69, 9.17) is 4.74 Å². The van der Waals surface area contributed by atoms with E-state index in [1.54, 1.807) is 0 Å². The molecule has 2 atom stereocenters. The van der Waals surface area contributed by atoms with Gasteiger partial charge in [0.1, 0.15) is 0 Å². The average molecular weight is 348 g/mol.